The third kappa shape index (κ3) is 5.25. The number of aliphatic hydroxyl groups excluding tert-OH is 3. The van der Waals surface area contributed by atoms with Crippen LogP contribution in [-0.2, 0) is 20.7 Å². The lowest BCUT2D eigenvalue weighted by Crippen LogP contribution is -2.73. The molecule has 1 aromatic rings. The Labute approximate surface area is 363 Å². The van der Waals surface area contributed by atoms with Crippen molar-refractivity contribution in [3.05, 3.63) is 35.4 Å². The number of ether oxygens (including phenoxy) is 1. The van der Waals surface area contributed by atoms with Gasteiger partial charge in [-0.3, -0.25) is 9.59 Å². The number of fused-ring (bicyclic) bond motifs is 2. The van der Waals surface area contributed by atoms with Crippen LogP contribution in [0.25, 0.3) is 0 Å². The van der Waals surface area contributed by atoms with E-state index in [2.05, 4.69) is 27.7 Å². The molecular weight excluding hydrogens is 799 g/mol. The van der Waals surface area contributed by atoms with Gasteiger partial charge in [0.25, 0.3) is 0 Å². The lowest BCUT2D eigenvalue weighted by Gasteiger charge is -2.70. The molecule has 60 heavy (non-hydrogen) atoms. The van der Waals surface area contributed by atoms with Gasteiger partial charge in [-0.2, -0.15) is 0 Å². The summed E-state index contributed by atoms with van der Waals surface area (Å²) < 4.78 is 6.38. The average molecular weight is 866 g/mol. The molecular formula is C48H67NO9S2. The maximum Gasteiger partial charge on any atom is 0.233 e. The number of aryl methyl sites for hydroxylation is 1. The minimum Gasteiger partial charge on any atom is -0.508 e. The van der Waals surface area contributed by atoms with Crippen LogP contribution in [0.2, 0.25) is 0 Å². The van der Waals surface area contributed by atoms with E-state index >= 15 is 4.79 Å². The third-order valence-electron chi connectivity index (χ3n) is 19.9. The Morgan fingerprint density at radius 3 is 2.50 bits per heavy atom. The summed E-state index contributed by atoms with van der Waals surface area (Å²) in [5.41, 5.74) is -6.36. The van der Waals surface area contributed by atoms with Crippen molar-refractivity contribution in [2.45, 2.75) is 166 Å². The van der Waals surface area contributed by atoms with Crippen LogP contribution in [0.5, 0.6) is 5.75 Å². The second-order valence-electron chi connectivity index (χ2n) is 21.9. The van der Waals surface area contributed by atoms with Crippen LogP contribution < -0.4 is 4.90 Å². The number of carbonyl (C=O) groups excluding carboxylic acids is 2. The van der Waals surface area contributed by atoms with Gasteiger partial charge < -0.3 is 40.3 Å². The molecule has 0 aromatic heterocycles. The number of hydrogen-bond acceptors (Lipinski definition) is 11. The highest BCUT2D eigenvalue weighted by molar-refractivity contribution is 8.76. The lowest BCUT2D eigenvalue weighted by atomic mass is 9.35. The van der Waals surface area contributed by atoms with Crippen molar-refractivity contribution >= 4 is 39.0 Å². The second kappa shape index (κ2) is 13.9. The molecule has 7 fully saturated rings. The summed E-state index contributed by atoms with van der Waals surface area (Å²) in [6, 6.07) is 5.49. The van der Waals surface area contributed by atoms with Crippen molar-refractivity contribution in [3.8, 4) is 5.75 Å². The zero-order chi connectivity index (χ0) is 42.6. The molecule has 12 rings (SSSR count). The van der Waals surface area contributed by atoms with E-state index in [-0.39, 0.29) is 47.7 Å². The topological polar surface area (TPSA) is 171 Å². The molecule has 1 aromatic carbocycles. The summed E-state index contributed by atoms with van der Waals surface area (Å²) in [5.74, 6) is 0.296. The summed E-state index contributed by atoms with van der Waals surface area (Å²) in [6.07, 6.45) is 7.31. The molecule has 330 valence electrons. The molecule has 2 saturated heterocycles. The van der Waals surface area contributed by atoms with E-state index < -0.39 is 67.9 Å². The number of nitrogens with zero attached hydrogens (tertiary/aromatic N) is 1. The minimum absolute atomic E-state index is 0.0739. The van der Waals surface area contributed by atoms with E-state index in [9.17, 15) is 35.4 Å². The highest BCUT2D eigenvalue weighted by Crippen LogP contribution is 2.82. The second-order valence-corrected chi connectivity index (χ2v) is 24.4. The van der Waals surface area contributed by atoms with Gasteiger partial charge in [-0.1, -0.05) is 62.1 Å². The fraction of sp³-hybridized carbons (Fsp3) is 0.792. The SMILES string of the molecule is CC(C)C(C)C1OC1C(C)(O)C1CCC2(O)C3=CC(=O)C45CC(O)C(O)C6CCC3(CCC12CCc1cc(O)cc(c1)N1CCC2(CCCCC2CSSC4O)C1=O)C65C. The van der Waals surface area contributed by atoms with E-state index in [1.165, 1.54) is 21.6 Å². The summed E-state index contributed by atoms with van der Waals surface area (Å²) in [5, 5.41) is 74.3. The number of anilines is 1. The number of benzene rings is 1. The van der Waals surface area contributed by atoms with Crippen LogP contribution in [-0.4, -0.2) is 95.7 Å². The number of allylic oxidation sites excluding steroid dienone is 1. The number of phenols is 1. The monoisotopic (exact) mass is 865 g/mol. The van der Waals surface area contributed by atoms with Crippen molar-refractivity contribution in [2.24, 2.45) is 56.7 Å². The number of ketones is 1. The van der Waals surface area contributed by atoms with Crippen molar-refractivity contribution in [3.63, 3.8) is 0 Å². The quantitative estimate of drug-likeness (QED) is 0.141. The first-order valence-electron chi connectivity index (χ1n) is 23.2. The molecule has 10 nitrogen and oxygen atoms in total. The summed E-state index contributed by atoms with van der Waals surface area (Å²) in [4.78, 5) is 32.1. The van der Waals surface area contributed by atoms with E-state index in [0.717, 1.165) is 31.2 Å². The Morgan fingerprint density at radius 1 is 0.950 bits per heavy atom. The molecule has 6 aliphatic carbocycles. The van der Waals surface area contributed by atoms with Gasteiger partial charge in [0.2, 0.25) is 5.91 Å². The lowest BCUT2D eigenvalue weighted by molar-refractivity contribution is -0.228. The number of carbonyl (C=O) groups is 2. The predicted molar refractivity (Wildman–Crippen MR) is 232 cm³/mol. The molecule has 0 radical (unpaired) electrons. The smallest absolute Gasteiger partial charge is 0.233 e. The Morgan fingerprint density at radius 2 is 1.73 bits per heavy atom. The maximum atomic E-state index is 15.5. The van der Waals surface area contributed by atoms with Gasteiger partial charge in [0, 0.05) is 34.9 Å². The van der Waals surface area contributed by atoms with Gasteiger partial charge in [0.15, 0.2) is 5.78 Å². The number of phenolic OH excluding ortho intramolecular Hbond substituents is 1. The first-order chi connectivity index (χ1) is 28.3. The zero-order valence-corrected chi connectivity index (χ0v) is 37.7. The minimum atomic E-state index is -1.50. The van der Waals surface area contributed by atoms with E-state index in [0.29, 0.717) is 87.3 Å². The van der Waals surface area contributed by atoms with Crippen LogP contribution in [0.3, 0.4) is 0 Å². The van der Waals surface area contributed by atoms with Crippen molar-refractivity contribution in [1.82, 2.24) is 0 Å². The molecule has 16 atom stereocenters. The standard InChI is InChI=1S/C48H67NO9S2/c1-26(2)27(3)38-39(58-38)42(4,56)34-11-15-48(57)35-23-36(52)47-24-33(51)37(53)32-10-14-45(35,43(32,47)5)16-17-46(34,48)13-9-28-20-30(22-31(50)21-28)49-19-18-44(40(49)54)12-7-6-8-29(44)25-59-60-41(47)55/h20-23,26-27,29,32-34,37-39,41,50-51,53,55-57H,6-19,24-25H2,1-5H3. The summed E-state index contributed by atoms with van der Waals surface area (Å²) in [7, 11) is 2.80. The molecule has 4 spiro atoms. The molecule has 1 amide bonds. The van der Waals surface area contributed by atoms with Gasteiger partial charge in [-0.15, -0.1) is 0 Å². The van der Waals surface area contributed by atoms with E-state index in [1.807, 2.05) is 17.9 Å². The predicted octanol–water partition coefficient (Wildman–Crippen LogP) is 6.71. The third-order valence-corrected chi connectivity index (χ3v) is 22.5. The number of amides is 1. The zero-order valence-electron chi connectivity index (χ0n) is 36.1. The van der Waals surface area contributed by atoms with E-state index in [1.54, 1.807) is 18.2 Å². The number of rotatable bonds is 4. The summed E-state index contributed by atoms with van der Waals surface area (Å²) in [6.45, 7) is 11.0. The van der Waals surface area contributed by atoms with Gasteiger partial charge in [-0.05, 0) is 148 Å². The van der Waals surface area contributed by atoms with Crippen LogP contribution >= 0.6 is 21.6 Å². The maximum absolute atomic E-state index is 15.5. The van der Waals surface area contributed by atoms with Crippen molar-refractivity contribution < 1.29 is 45.0 Å². The molecule has 5 heterocycles. The first kappa shape index (κ1) is 42.3. The molecule has 5 saturated carbocycles. The number of epoxide rings is 1. The van der Waals surface area contributed by atoms with Crippen LogP contribution in [0, 0.1) is 56.7 Å². The number of aromatic hydroxyl groups is 1. The molecule has 8 bridgehead atoms. The fourth-order valence-electron chi connectivity index (χ4n) is 16.3. The molecule has 5 aliphatic heterocycles. The van der Waals surface area contributed by atoms with Crippen LogP contribution in [0.15, 0.2) is 29.8 Å². The Balaban J connectivity index is 1.15. The summed E-state index contributed by atoms with van der Waals surface area (Å²) >= 11 is 0. The Kier molecular flexibility index (Phi) is 9.83. The normalized spacial score (nSPS) is 48.7. The molecule has 6 N–H and O–H groups in total. The van der Waals surface area contributed by atoms with Gasteiger partial charge in [0.1, 0.15) is 17.3 Å². The van der Waals surface area contributed by atoms with Crippen molar-refractivity contribution in [2.75, 3.05) is 17.2 Å². The van der Waals surface area contributed by atoms with Gasteiger partial charge in [0.05, 0.1) is 40.3 Å². The number of hydrogen-bond donors (Lipinski definition) is 6. The Bertz CT molecular complexity index is 1990. The van der Waals surface area contributed by atoms with Crippen molar-refractivity contribution in [1.29, 1.82) is 0 Å². The average Bonchev–Trinajstić information content (AvgIpc) is 3.77. The highest BCUT2D eigenvalue weighted by atomic mass is 33.1. The Hall–Kier alpha value is -1.64. The van der Waals surface area contributed by atoms with Gasteiger partial charge in [-0.25, -0.2) is 0 Å². The van der Waals surface area contributed by atoms with Crippen LogP contribution in [0.4, 0.5) is 5.69 Å². The molecule has 16 unspecified atom stereocenters. The first-order valence-corrected chi connectivity index (χ1v) is 25.6. The number of aliphatic hydroxyl groups is 5. The van der Waals surface area contributed by atoms with Gasteiger partial charge >= 0.3 is 0 Å². The highest BCUT2D eigenvalue weighted by Gasteiger charge is 2.82. The van der Waals surface area contributed by atoms with E-state index in [4.69, 9.17) is 4.74 Å². The largest absolute Gasteiger partial charge is 0.508 e. The molecule has 11 aliphatic rings. The van der Waals surface area contributed by atoms with Crippen LogP contribution in [0.1, 0.15) is 124 Å². The molecule has 12 heteroatoms. The fourth-order valence-corrected chi connectivity index (χ4v) is 19.4.